The summed E-state index contributed by atoms with van der Waals surface area (Å²) >= 11 is 0. The second kappa shape index (κ2) is 9.62. The van der Waals surface area contributed by atoms with E-state index in [0.717, 1.165) is 0 Å². The van der Waals surface area contributed by atoms with Gasteiger partial charge in [0.2, 0.25) is 8.32 Å². The van der Waals surface area contributed by atoms with E-state index in [-0.39, 0.29) is 12.1 Å². The molecule has 0 aromatic carbocycles. The summed E-state index contributed by atoms with van der Waals surface area (Å²) in [6.07, 6.45) is -0.244. The Morgan fingerprint density at radius 3 is 1.50 bits per heavy atom. The normalized spacial score (nSPS) is 16.3. The number of hydrogen-bond donors (Lipinski definition) is 0. The maximum Gasteiger partial charge on any atom is 0.320 e. The summed E-state index contributed by atoms with van der Waals surface area (Å²) in [6, 6.07) is 0. The van der Waals surface area contributed by atoms with Gasteiger partial charge < -0.3 is 17.7 Å². The Morgan fingerprint density at radius 2 is 1.15 bits per heavy atom. The average molecular weight is 439 g/mol. The van der Waals surface area contributed by atoms with Crippen LogP contribution in [0.4, 0.5) is 0 Å². The number of rotatable bonds is 11. The van der Waals surface area contributed by atoms with Crippen molar-refractivity contribution in [3.05, 3.63) is 0 Å². The molecule has 0 amide bonds. The molecule has 9 heteroatoms. The van der Waals surface area contributed by atoms with Crippen LogP contribution in [0.3, 0.4) is 0 Å². The van der Waals surface area contributed by atoms with Crippen LogP contribution in [0.1, 0.15) is 6.42 Å². The highest BCUT2D eigenvalue weighted by Crippen LogP contribution is 2.21. The third-order valence-electron chi connectivity index (χ3n) is 2.86. The van der Waals surface area contributed by atoms with E-state index in [1.54, 1.807) is 0 Å². The molecule has 0 aliphatic heterocycles. The minimum Gasteiger partial charge on any atom is -0.518 e. The lowest BCUT2D eigenvalue weighted by Gasteiger charge is -2.33. The Labute approximate surface area is 165 Å². The summed E-state index contributed by atoms with van der Waals surface area (Å²) in [6.45, 7) is 25.8. The zero-order valence-electron chi connectivity index (χ0n) is 19.1. The van der Waals surface area contributed by atoms with Gasteiger partial charge in [-0.15, -0.1) is 0 Å². The second-order valence-electron chi connectivity index (χ2n) is 10.8. The molecular formula is C17H42O5Si4. The molecule has 156 valence electrons. The van der Waals surface area contributed by atoms with Crippen LogP contribution in [-0.4, -0.2) is 58.1 Å². The maximum atomic E-state index is 12.8. The first-order valence-corrected chi connectivity index (χ1v) is 23.1. The summed E-state index contributed by atoms with van der Waals surface area (Å²) in [7, 11) is -7.32. The SMILES string of the molecule is C[Si](C)(C)OC[C@@H](C[C@H](O[Si](C)(C)C)C(=O)O[Si](C)(C)C)O[Si](C)(C)C. The van der Waals surface area contributed by atoms with Crippen LogP contribution in [0.25, 0.3) is 0 Å². The van der Waals surface area contributed by atoms with Crippen LogP contribution in [0.2, 0.25) is 78.6 Å². The highest BCUT2D eigenvalue weighted by molar-refractivity contribution is 6.72. The summed E-state index contributed by atoms with van der Waals surface area (Å²) in [4.78, 5) is 12.8. The first-order chi connectivity index (χ1) is 11.3. The molecule has 0 spiro atoms. The van der Waals surface area contributed by atoms with E-state index >= 15 is 0 Å². The molecule has 0 bridgehead atoms. The van der Waals surface area contributed by atoms with Crippen LogP contribution in [0.15, 0.2) is 0 Å². The van der Waals surface area contributed by atoms with Gasteiger partial charge in [-0.05, 0) is 78.6 Å². The molecular weight excluding hydrogens is 397 g/mol. The number of hydrogen-bond acceptors (Lipinski definition) is 5. The molecule has 0 fully saturated rings. The molecule has 5 nitrogen and oxygen atoms in total. The van der Waals surface area contributed by atoms with Crippen LogP contribution >= 0.6 is 0 Å². The van der Waals surface area contributed by atoms with Crippen LogP contribution in [0.5, 0.6) is 0 Å². The van der Waals surface area contributed by atoms with Gasteiger partial charge in [0.05, 0.1) is 12.7 Å². The molecule has 0 rings (SSSR count). The molecule has 0 aromatic heterocycles. The Kier molecular flexibility index (Phi) is 9.70. The van der Waals surface area contributed by atoms with Crippen LogP contribution < -0.4 is 0 Å². The summed E-state index contributed by atoms with van der Waals surface area (Å²) < 4.78 is 24.4. The smallest absolute Gasteiger partial charge is 0.320 e. The zero-order chi connectivity index (χ0) is 21.0. The van der Waals surface area contributed by atoms with Crippen molar-refractivity contribution in [2.45, 2.75) is 97.2 Å². The van der Waals surface area contributed by atoms with Gasteiger partial charge >= 0.3 is 5.97 Å². The highest BCUT2D eigenvalue weighted by atomic mass is 28.4. The van der Waals surface area contributed by atoms with Gasteiger partial charge in [-0.3, -0.25) is 4.79 Å². The molecule has 0 unspecified atom stereocenters. The van der Waals surface area contributed by atoms with Crippen molar-refractivity contribution >= 4 is 39.2 Å². The minimum absolute atomic E-state index is 0.149. The standard InChI is InChI=1S/C17H42O5Si4/c1-23(2,3)19-14-15(20-24(4,5)6)13-16(21-25(7,8)9)17(18)22-26(10,11)12/h15-16H,13-14H2,1-12H3/t15-,16+/m1/s1. The molecule has 2 atom stereocenters. The van der Waals surface area contributed by atoms with Gasteiger partial charge in [0.25, 0.3) is 0 Å². The third kappa shape index (κ3) is 15.3. The predicted octanol–water partition coefficient (Wildman–Crippen LogP) is 5.05. The van der Waals surface area contributed by atoms with Crippen molar-refractivity contribution in [1.82, 2.24) is 0 Å². The monoisotopic (exact) mass is 438 g/mol. The first kappa shape index (κ1) is 26.2. The molecule has 0 aliphatic rings. The molecule has 0 aliphatic carbocycles. The first-order valence-electron chi connectivity index (χ1n) is 9.50. The predicted molar refractivity (Wildman–Crippen MR) is 120 cm³/mol. The van der Waals surface area contributed by atoms with Gasteiger partial charge in [0, 0.05) is 6.42 Å². The van der Waals surface area contributed by atoms with Gasteiger partial charge in [-0.25, -0.2) is 0 Å². The van der Waals surface area contributed by atoms with Gasteiger partial charge in [-0.2, -0.15) is 0 Å². The second-order valence-corrected chi connectivity index (χ2v) is 28.6. The topological polar surface area (TPSA) is 54.0 Å². The lowest BCUT2D eigenvalue weighted by atomic mass is 10.2. The van der Waals surface area contributed by atoms with Crippen molar-refractivity contribution in [1.29, 1.82) is 0 Å². The maximum absolute atomic E-state index is 12.8. The van der Waals surface area contributed by atoms with Crippen LogP contribution in [0, 0.1) is 0 Å². The largest absolute Gasteiger partial charge is 0.518 e. The molecule has 26 heavy (non-hydrogen) atoms. The van der Waals surface area contributed by atoms with E-state index < -0.39 is 39.4 Å². The van der Waals surface area contributed by atoms with E-state index in [2.05, 4.69) is 58.9 Å². The van der Waals surface area contributed by atoms with E-state index in [1.165, 1.54) is 0 Å². The van der Waals surface area contributed by atoms with E-state index in [9.17, 15) is 4.79 Å². The summed E-state index contributed by atoms with van der Waals surface area (Å²) in [5.41, 5.74) is 0. The Bertz CT molecular complexity index is 444. The van der Waals surface area contributed by atoms with Crippen molar-refractivity contribution in [2.24, 2.45) is 0 Å². The van der Waals surface area contributed by atoms with Crippen molar-refractivity contribution in [3.8, 4) is 0 Å². The summed E-state index contributed by atoms with van der Waals surface area (Å²) in [5.74, 6) is -0.247. The van der Waals surface area contributed by atoms with E-state index in [4.69, 9.17) is 17.7 Å². The van der Waals surface area contributed by atoms with Crippen molar-refractivity contribution in [2.75, 3.05) is 6.61 Å². The number of carbonyl (C=O) groups excluding carboxylic acids is 1. The van der Waals surface area contributed by atoms with Gasteiger partial charge in [-0.1, -0.05) is 0 Å². The fourth-order valence-corrected chi connectivity index (χ4v) is 5.85. The zero-order valence-corrected chi connectivity index (χ0v) is 23.1. The van der Waals surface area contributed by atoms with Crippen molar-refractivity contribution < 1.29 is 22.5 Å². The molecule has 0 aromatic rings. The molecule has 0 saturated heterocycles. The molecule has 0 N–H and O–H groups in total. The Balaban J connectivity index is 5.34. The summed E-state index contributed by atoms with van der Waals surface area (Å²) in [5, 5.41) is 0. The highest BCUT2D eigenvalue weighted by Gasteiger charge is 2.35. The van der Waals surface area contributed by atoms with Crippen molar-refractivity contribution in [3.63, 3.8) is 0 Å². The quantitative estimate of drug-likeness (QED) is 0.423. The van der Waals surface area contributed by atoms with E-state index in [1.807, 2.05) is 19.6 Å². The van der Waals surface area contributed by atoms with Gasteiger partial charge in [0.15, 0.2) is 25.0 Å². The molecule has 0 heterocycles. The minimum atomic E-state index is -1.98. The third-order valence-corrected chi connectivity index (χ3v) is 6.74. The van der Waals surface area contributed by atoms with E-state index in [0.29, 0.717) is 13.0 Å². The molecule has 0 radical (unpaired) electrons. The lowest BCUT2D eigenvalue weighted by molar-refractivity contribution is -0.145. The Hall–Kier alpha value is 0.218. The number of carbonyl (C=O) groups is 1. The fourth-order valence-electron chi connectivity index (χ4n) is 2.22. The lowest BCUT2D eigenvalue weighted by Crippen LogP contribution is -2.46. The fraction of sp³-hybridized carbons (Fsp3) is 0.941. The molecule has 0 saturated carbocycles. The van der Waals surface area contributed by atoms with Crippen LogP contribution in [-0.2, 0) is 22.5 Å². The van der Waals surface area contributed by atoms with Gasteiger partial charge in [0.1, 0.15) is 6.10 Å². The average Bonchev–Trinajstić information content (AvgIpc) is 2.28. The Morgan fingerprint density at radius 1 is 0.692 bits per heavy atom.